The molecular formula is C22H22Cl2FN7O. The van der Waals surface area contributed by atoms with E-state index in [1.807, 2.05) is 13.8 Å². The van der Waals surface area contributed by atoms with Gasteiger partial charge in [0.25, 0.3) is 5.91 Å². The van der Waals surface area contributed by atoms with Gasteiger partial charge in [-0.15, -0.1) is 0 Å². The normalized spacial score (nSPS) is 16.0. The number of amidine groups is 1. The van der Waals surface area contributed by atoms with Crippen LogP contribution in [0.15, 0.2) is 47.6 Å². The lowest BCUT2D eigenvalue weighted by molar-refractivity contribution is 0.0987. The van der Waals surface area contributed by atoms with Gasteiger partial charge in [0.15, 0.2) is 17.3 Å². The fraction of sp³-hybridized carbons (Fsp3) is 0.227. The number of nitrogens with two attached hydrogens (primary N) is 2. The Hall–Kier alpha value is -3.14. The minimum atomic E-state index is -0.680. The van der Waals surface area contributed by atoms with Crippen LogP contribution in [0.3, 0.4) is 0 Å². The van der Waals surface area contributed by atoms with Crippen molar-refractivity contribution in [2.24, 2.45) is 16.8 Å². The molecule has 1 aromatic heterocycles. The first-order chi connectivity index (χ1) is 15.8. The van der Waals surface area contributed by atoms with E-state index >= 15 is 4.39 Å². The summed E-state index contributed by atoms with van der Waals surface area (Å²) in [5.41, 5.74) is 4.91. The Morgan fingerprint density at radius 2 is 1.94 bits per heavy atom. The Morgan fingerprint density at radius 1 is 1.24 bits per heavy atom. The van der Waals surface area contributed by atoms with E-state index in [9.17, 15) is 4.79 Å². The third-order valence-corrected chi connectivity index (χ3v) is 6.07. The van der Waals surface area contributed by atoms with E-state index in [0.29, 0.717) is 10.6 Å². The van der Waals surface area contributed by atoms with Crippen molar-refractivity contribution >= 4 is 40.6 Å². The van der Waals surface area contributed by atoms with E-state index in [1.54, 1.807) is 35.0 Å². The molecule has 0 spiro atoms. The SMILES string of the molecule is CC(C)c1c2c(nn1C/C(=N\N)NN)C(=O)N(c1cccc(Cl)c1F)C2c1ccc(Cl)cc1. The van der Waals surface area contributed by atoms with Crippen LogP contribution in [0.4, 0.5) is 10.1 Å². The molecule has 172 valence electrons. The summed E-state index contributed by atoms with van der Waals surface area (Å²) in [5, 5.41) is 8.65. The molecule has 0 aliphatic carbocycles. The first-order valence-electron chi connectivity index (χ1n) is 10.2. The highest BCUT2D eigenvalue weighted by molar-refractivity contribution is 6.31. The highest BCUT2D eigenvalue weighted by Gasteiger charge is 2.45. The highest BCUT2D eigenvalue weighted by Crippen LogP contribution is 2.46. The van der Waals surface area contributed by atoms with Crippen molar-refractivity contribution in [1.29, 1.82) is 0 Å². The second kappa shape index (κ2) is 9.01. The average Bonchev–Trinajstić information content (AvgIpc) is 3.29. The summed E-state index contributed by atoms with van der Waals surface area (Å²) in [7, 11) is 0. The number of benzene rings is 2. The van der Waals surface area contributed by atoms with Crippen LogP contribution in [-0.4, -0.2) is 21.5 Å². The largest absolute Gasteiger partial charge is 0.321 e. The third-order valence-electron chi connectivity index (χ3n) is 5.53. The summed E-state index contributed by atoms with van der Waals surface area (Å²) in [6, 6.07) is 11.0. The summed E-state index contributed by atoms with van der Waals surface area (Å²) < 4.78 is 16.7. The lowest BCUT2D eigenvalue weighted by atomic mass is 9.94. The van der Waals surface area contributed by atoms with E-state index in [-0.39, 0.29) is 34.7 Å². The van der Waals surface area contributed by atoms with Crippen molar-refractivity contribution in [2.45, 2.75) is 32.4 Å². The van der Waals surface area contributed by atoms with Crippen molar-refractivity contribution in [3.63, 3.8) is 0 Å². The van der Waals surface area contributed by atoms with Gasteiger partial charge in [-0.3, -0.25) is 14.4 Å². The number of nitrogens with zero attached hydrogens (tertiary/aromatic N) is 4. The van der Waals surface area contributed by atoms with Crippen molar-refractivity contribution in [3.8, 4) is 0 Å². The molecule has 0 saturated carbocycles. The van der Waals surface area contributed by atoms with Crippen molar-refractivity contribution in [3.05, 3.63) is 80.8 Å². The number of nitrogens with one attached hydrogen (secondary N) is 1. The van der Waals surface area contributed by atoms with Gasteiger partial charge in [0.1, 0.15) is 6.54 Å². The third kappa shape index (κ3) is 3.92. The molecular weight excluding hydrogens is 468 g/mol. The zero-order valence-corrected chi connectivity index (χ0v) is 19.4. The van der Waals surface area contributed by atoms with Crippen molar-refractivity contribution in [2.75, 3.05) is 4.90 Å². The first-order valence-corrected chi connectivity index (χ1v) is 10.9. The smallest absolute Gasteiger partial charge is 0.280 e. The van der Waals surface area contributed by atoms with E-state index < -0.39 is 17.8 Å². The highest BCUT2D eigenvalue weighted by atomic mass is 35.5. The van der Waals surface area contributed by atoms with Crippen LogP contribution in [-0.2, 0) is 6.54 Å². The summed E-state index contributed by atoms with van der Waals surface area (Å²) in [6.07, 6.45) is 0. The lowest BCUT2D eigenvalue weighted by Gasteiger charge is -2.28. The summed E-state index contributed by atoms with van der Waals surface area (Å²) >= 11 is 12.1. The quantitative estimate of drug-likeness (QED) is 0.217. The number of halogens is 3. The summed E-state index contributed by atoms with van der Waals surface area (Å²) in [4.78, 5) is 15.0. The van der Waals surface area contributed by atoms with Gasteiger partial charge < -0.3 is 11.3 Å². The van der Waals surface area contributed by atoms with E-state index in [4.69, 9.17) is 34.9 Å². The Bertz CT molecular complexity index is 1240. The molecule has 33 heavy (non-hydrogen) atoms. The molecule has 11 heteroatoms. The fourth-order valence-corrected chi connectivity index (χ4v) is 4.46. The maximum atomic E-state index is 15.1. The molecule has 1 amide bonds. The van der Waals surface area contributed by atoms with E-state index in [0.717, 1.165) is 11.3 Å². The Kier molecular flexibility index (Phi) is 6.29. The number of amides is 1. The minimum absolute atomic E-state index is 0.0372. The molecule has 5 N–H and O–H groups in total. The standard InChI is InChI=1S/C22H22Cl2FN7O/c1-11(2)20-17-19(30-31(20)10-16(28-26)29-27)22(33)32(15-5-3-4-14(24)18(15)25)21(17)12-6-8-13(23)9-7-12/h3-9,11,21H,10,26-27H2,1-2H3,(H,28,29). The molecule has 0 radical (unpaired) electrons. The topological polar surface area (TPSA) is 115 Å². The fourth-order valence-electron chi connectivity index (χ4n) is 4.16. The molecule has 1 unspecified atom stereocenters. The number of aromatic nitrogens is 2. The molecule has 8 nitrogen and oxygen atoms in total. The van der Waals surface area contributed by atoms with Gasteiger partial charge in [-0.25, -0.2) is 10.2 Å². The monoisotopic (exact) mass is 489 g/mol. The molecule has 3 aromatic rings. The number of hydrogen-bond donors (Lipinski definition) is 3. The van der Waals surface area contributed by atoms with Gasteiger partial charge >= 0.3 is 0 Å². The van der Waals surface area contributed by atoms with Gasteiger partial charge in [0.2, 0.25) is 0 Å². The lowest BCUT2D eigenvalue weighted by Crippen LogP contribution is -2.36. The Balaban J connectivity index is 1.97. The van der Waals surface area contributed by atoms with Gasteiger partial charge in [0, 0.05) is 16.3 Å². The molecule has 0 fully saturated rings. The van der Waals surface area contributed by atoms with Crippen LogP contribution >= 0.6 is 23.2 Å². The maximum absolute atomic E-state index is 15.1. The van der Waals surface area contributed by atoms with Crippen LogP contribution in [0.1, 0.15) is 53.1 Å². The van der Waals surface area contributed by atoms with Crippen molar-refractivity contribution in [1.82, 2.24) is 15.2 Å². The number of hydrogen-bond acceptors (Lipinski definition) is 5. The van der Waals surface area contributed by atoms with Crippen LogP contribution in [0.25, 0.3) is 0 Å². The van der Waals surface area contributed by atoms with Crippen LogP contribution < -0.4 is 22.0 Å². The zero-order valence-electron chi connectivity index (χ0n) is 17.9. The summed E-state index contributed by atoms with van der Waals surface area (Å²) in [6.45, 7) is 4.10. The molecule has 2 aromatic carbocycles. The Morgan fingerprint density at radius 3 is 2.55 bits per heavy atom. The predicted octanol–water partition coefficient (Wildman–Crippen LogP) is 3.94. The second-order valence-corrected chi connectivity index (χ2v) is 8.73. The first kappa shape index (κ1) is 23.0. The van der Waals surface area contributed by atoms with Crippen molar-refractivity contribution < 1.29 is 9.18 Å². The molecule has 4 rings (SSSR count). The van der Waals surface area contributed by atoms with Gasteiger partial charge in [0.05, 0.1) is 16.8 Å². The number of rotatable bonds is 5. The number of carbonyl (C=O) groups excluding carboxylic acids is 1. The van der Waals surface area contributed by atoms with Crippen LogP contribution in [0, 0.1) is 5.82 Å². The van der Waals surface area contributed by atoms with Crippen LogP contribution in [0.2, 0.25) is 10.0 Å². The zero-order chi connectivity index (χ0) is 23.9. The summed E-state index contributed by atoms with van der Waals surface area (Å²) in [5.74, 6) is 10.0. The predicted molar refractivity (Wildman–Crippen MR) is 127 cm³/mol. The molecule has 1 aliphatic rings. The van der Waals surface area contributed by atoms with Gasteiger partial charge in [-0.05, 0) is 35.7 Å². The molecule has 1 aliphatic heterocycles. The van der Waals surface area contributed by atoms with Gasteiger partial charge in [-0.2, -0.15) is 10.2 Å². The number of anilines is 1. The molecule has 0 bridgehead atoms. The number of hydrazone groups is 1. The number of carbonyl (C=O) groups is 1. The molecule has 0 saturated heterocycles. The second-order valence-electron chi connectivity index (χ2n) is 7.88. The number of hydrazine groups is 1. The van der Waals surface area contributed by atoms with E-state index in [1.165, 1.54) is 17.0 Å². The molecule has 2 heterocycles. The van der Waals surface area contributed by atoms with E-state index in [2.05, 4.69) is 15.6 Å². The van der Waals surface area contributed by atoms with Gasteiger partial charge in [-0.1, -0.05) is 55.2 Å². The Labute approximate surface area is 199 Å². The number of fused-ring (bicyclic) bond motifs is 1. The molecule has 1 atom stereocenters. The minimum Gasteiger partial charge on any atom is -0.321 e. The maximum Gasteiger partial charge on any atom is 0.280 e. The van der Waals surface area contributed by atoms with Crippen LogP contribution in [0.5, 0.6) is 0 Å². The average molecular weight is 490 g/mol.